The van der Waals surface area contributed by atoms with E-state index in [2.05, 4.69) is 17.2 Å². The van der Waals surface area contributed by atoms with E-state index in [-0.39, 0.29) is 11.8 Å². The largest absolute Gasteiger partial charge is 0.351 e. The van der Waals surface area contributed by atoms with Crippen molar-refractivity contribution in [3.05, 3.63) is 21.9 Å². The summed E-state index contributed by atoms with van der Waals surface area (Å²) < 4.78 is 0. The number of hydrogen-bond acceptors (Lipinski definition) is 3. The van der Waals surface area contributed by atoms with Crippen molar-refractivity contribution in [2.45, 2.75) is 26.8 Å². The molecule has 0 bridgehead atoms. The minimum absolute atomic E-state index is 0.0635. The number of rotatable bonds is 4. The lowest BCUT2D eigenvalue weighted by atomic mass is 10.1. The summed E-state index contributed by atoms with van der Waals surface area (Å²) in [6.45, 7) is 4.84. The van der Waals surface area contributed by atoms with Gasteiger partial charge in [-0.15, -0.1) is 11.3 Å². The molecule has 1 aromatic rings. The molecule has 0 radical (unpaired) electrons. The zero-order valence-electron chi connectivity index (χ0n) is 10.2. The average Bonchev–Trinajstić information content (AvgIpc) is 2.79. The standard InChI is InChI=1S/C13H18N2OS/c1-3-10(2)13(16)15-9-12-11(5-4-7-14)6-8-17-12/h6,8,10H,3,7,9,14H2,1-2H3,(H,15,16). The Balaban J connectivity index is 2.58. The van der Waals surface area contributed by atoms with E-state index in [1.807, 2.05) is 25.3 Å². The molecule has 1 aromatic heterocycles. The molecule has 3 N–H and O–H groups in total. The summed E-state index contributed by atoms with van der Waals surface area (Å²) in [6, 6.07) is 1.96. The Hall–Kier alpha value is -1.31. The van der Waals surface area contributed by atoms with Gasteiger partial charge in [-0.25, -0.2) is 0 Å². The van der Waals surface area contributed by atoms with Crippen molar-refractivity contribution in [3.63, 3.8) is 0 Å². The second kappa shape index (κ2) is 7.10. The molecule has 0 spiro atoms. The van der Waals surface area contributed by atoms with Gasteiger partial charge in [0.05, 0.1) is 13.1 Å². The summed E-state index contributed by atoms with van der Waals surface area (Å²) in [6.07, 6.45) is 0.857. The van der Waals surface area contributed by atoms with E-state index in [1.54, 1.807) is 11.3 Å². The van der Waals surface area contributed by atoms with Gasteiger partial charge in [0.25, 0.3) is 0 Å². The molecule has 17 heavy (non-hydrogen) atoms. The van der Waals surface area contributed by atoms with Gasteiger partial charge in [0.1, 0.15) is 0 Å². The highest BCUT2D eigenvalue weighted by Gasteiger charge is 2.10. The lowest BCUT2D eigenvalue weighted by Crippen LogP contribution is -2.28. The summed E-state index contributed by atoms with van der Waals surface area (Å²) in [5, 5.41) is 4.90. The molecule has 1 atom stereocenters. The van der Waals surface area contributed by atoms with E-state index in [0.717, 1.165) is 16.9 Å². The summed E-state index contributed by atoms with van der Waals surface area (Å²) >= 11 is 1.60. The van der Waals surface area contributed by atoms with Crippen molar-refractivity contribution in [1.29, 1.82) is 0 Å². The van der Waals surface area contributed by atoms with Gasteiger partial charge in [0.2, 0.25) is 5.91 Å². The zero-order chi connectivity index (χ0) is 12.7. The van der Waals surface area contributed by atoms with Crippen LogP contribution in [0, 0.1) is 17.8 Å². The molecule has 4 heteroatoms. The van der Waals surface area contributed by atoms with Crippen molar-refractivity contribution < 1.29 is 4.79 Å². The first-order valence-corrected chi connectivity index (χ1v) is 6.60. The molecule has 1 heterocycles. The third-order valence-corrected chi connectivity index (χ3v) is 3.47. The Morgan fingerprint density at radius 1 is 1.65 bits per heavy atom. The van der Waals surface area contributed by atoms with Gasteiger partial charge in [0.15, 0.2) is 0 Å². The smallest absolute Gasteiger partial charge is 0.223 e. The predicted octanol–water partition coefficient (Wildman–Crippen LogP) is 1.72. The summed E-state index contributed by atoms with van der Waals surface area (Å²) in [5.74, 6) is 5.99. The number of carbonyl (C=O) groups is 1. The van der Waals surface area contributed by atoms with Gasteiger partial charge in [-0.3, -0.25) is 4.79 Å². The molecule has 1 unspecified atom stereocenters. The highest BCUT2D eigenvalue weighted by atomic mass is 32.1. The van der Waals surface area contributed by atoms with Crippen LogP contribution in [0.3, 0.4) is 0 Å². The first-order valence-electron chi connectivity index (χ1n) is 5.72. The van der Waals surface area contributed by atoms with Crippen LogP contribution in [0.25, 0.3) is 0 Å². The Labute approximate surface area is 106 Å². The minimum Gasteiger partial charge on any atom is -0.351 e. The van der Waals surface area contributed by atoms with Crippen LogP contribution in [0.2, 0.25) is 0 Å². The van der Waals surface area contributed by atoms with Crippen LogP contribution in [0.5, 0.6) is 0 Å². The maximum Gasteiger partial charge on any atom is 0.223 e. The molecule has 0 aliphatic carbocycles. The van der Waals surface area contributed by atoms with Gasteiger partial charge in [0, 0.05) is 16.4 Å². The fourth-order valence-electron chi connectivity index (χ4n) is 1.26. The molecule has 0 saturated carbocycles. The van der Waals surface area contributed by atoms with E-state index in [4.69, 9.17) is 5.73 Å². The third kappa shape index (κ3) is 4.22. The summed E-state index contributed by atoms with van der Waals surface area (Å²) in [7, 11) is 0. The first kappa shape index (κ1) is 13.8. The van der Waals surface area contributed by atoms with E-state index >= 15 is 0 Å². The van der Waals surface area contributed by atoms with Crippen LogP contribution in [-0.4, -0.2) is 12.5 Å². The average molecular weight is 250 g/mol. The normalized spacial score (nSPS) is 11.5. The van der Waals surface area contributed by atoms with Gasteiger partial charge in [-0.2, -0.15) is 0 Å². The van der Waals surface area contributed by atoms with Gasteiger partial charge in [-0.05, 0) is 17.9 Å². The predicted molar refractivity (Wildman–Crippen MR) is 71.6 cm³/mol. The molecular weight excluding hydrogens is 232 g/mol. The van der Waals surface area contributed by atoms with E-state index in [1.165, 1.54) is 0 Å². The van der Waals surface area contributed by atoms with Crippen LogP contribution in [0.1, 0.15) is 30.7 Å². The molecule has 0 aliphatic heterocycles. The second-order valence-electron chi connectivity index (χ2n) is 3.79. The van der Waals surface area contributed by atoms with Crippen molar-refractivity contribution in [3.8, 4) is 11.8 Å². The van der Waals surface area contributed by atoms with Crippen molar-refractivity contribution in [2.24, 2.45) is 11.7 Å². The zero-order valence-corrected chi connectivity index (χ0v) is 11.1. The Bertz CT molecular complexity index is 428. The fraction of sp³-hybridized carbons (Fsp3) is 0.462. The van der Waals surface area contributed by atoms with E-state index in [0.29, 0.717) is 13.1 Å². The quantitative estimate of drug-likeness (QED) is 0.799. The van der Waals surface area contributed by atoms with Gasteiger partial charge in [-0.1, -0.05) is 25.7 Å². The highest BCUT2D eigenvalue weighted by molar-refractivity contribution is 7.10. The van der Waals surface area contributed by atoms with Crippen LogP contribution < -0.4 is 11.1 Å². The number of thiophene rings is 1. The maximum absolute atomic E-state index is 11.6. The topological polar surface area (TPSA) is 55.1 Å². The van der Waals surface area contributed by atoms with Gasteiger partial charge >= 0.3 is 0 Å². The Morgan fingerprint density at radius 2 is 2.41 bits per heavy atom. The second-order valence-corrected chi connectivity index (χ2v) is 4.79. The van der Waals surface area contributed by atoms with Crippen molar-refractivity contribution in [2.75, 3.05) is 6.54 Å². The fourth-order valence-corrected chi connectivity index (χ4v) is 2.03. The van der Waals surface area contributed by atoms with E-state index < -0.39 is 0 Å². The lowest BCUT2D eigenvalue weighted by molar-refractivity contribution is -0.124. The van der Waals surface area contributed by atoms with Crippen molar-refractivity contribution in [1.82, 2.24) is 5.32 Å². The number of carbonyl (C=O) groups excluding carboxylic acids is 1. The highest BCUT2D eigenvalue weighted by Crippen LogP contribution is 2.15. The molecule has 1 rings (SSSR count). The van der Waals surface area contributed by atoms with Crippen LogP contribution in [0.15, 0.2) is 11.4 Å². The molecule has 0 aliphatic rings. The molecular formula is C13H18N2OS. The number of hydrogen-bond donors (Lipinski definition) is 2. The van der Waals surface area contributed by atoms with Crippen LogP contribution in [0.4, 0.5) is 0 Å². The van der Waals surface area contributed by atoms with Crippen LogP contribution >= 0.6 is 11.3 Å². The van der Waals surface area contributed by atoms with Gasteiger partial charge < -0.3 is 11.1 Å². The molecule has 0 aromatic carbocycles. The lowest BCUT2D eigenvalue weighted by Gasteiger charge is -2.09. The Kier molecular flexibility index (Phi) is 5.75. The minimum atomic E-state index is 0.0635. The maximum atomic E-state index is 11.6. The summed E-state index contributed by atoms with van der Waals surface area (Å²) in [4.78, 5) is 12.7. The molecule has 1 amide bonds. The monoisotopic (exact) mass is 250 g/mol. The molecule has 0 saturated heterocycles. The number of nitrogens with two attached hydrogens (primary N) is 1. The molecule has 0 fully saturated rings. The van der Waals surface area contributed by atoms with Crippen LogP contribution in [-0.2, 0) is 11.3 Å². The van der Waals surface area contributed by atoms with Crippen molar-refractivity contribution >= 4 is 17.2 Å². The summed E-state index contributed by atoms with van der Waals surface area (Å²) in [5.41, 5.74) is 6.30. The SMILES string of the molecule is CCC(C)C(=O)NCc1sccc1C#CCN. The number of nitrogens with one attached hydrogen (secondary N) is 1. The number of amides is 1. The third-order valence-electron chi connectivity index (χ3n) is 2.55. The van der Waals surface area contributed by atoms with E-state index in [9.17, 15) is 4.79 Å². The molecule has 92 valence electrons. The Morgan fingerprint density at radius 3 is 3.06 bits per heavy atom. The molecule has 3 nitrogen and oxygen atoms in total. The first-order chi connectivity index (χ1) is 8.19.